The molecule has 2 atom stereocenters. The number of aliphatic hydroxyl groups excluding tert-OH is 1. The normalized spacial score (nSPS) is 21.5. The summed E-state index contributed by atoms with van der Waals surface area (Å²) >= 11 is 0. The number of carbonyl (C=O) groups excluding carboxylic acids is 2. The second-order valence-corrected chi connectivity index (χ2v) is 7.37. The Labute approximate surface area is 168 Å². The maximum absolute atomic E-state index is 13.4. The summed E-state index contributed by atoms with van der Waals surface area (Å²) in [5.74, 6) is -0.150. The lowest BCUT2D eigenvalue weighted by molar-refractivity contribution is -0.134. The summed E-state index contributed by atoms with van der Waals surface area (Å²) in [6.45, 7) is 1.15. The Morgan fingerprint density at radius 1 is 1.17 bits per heavy atom. The number of benzene rings is 2. The van der Waals surface area contributed by atoms with Gasteiger partial charge in [-0.25, -0.2) is 4.39 Å². The van der Waals surface area contributed by atoms with Crippen molar-refractivity contribution in [1.82, 2.24) is 9.80 Å². The van der Waals surface area contributed by atoms with E-state index in [2.05, 4.69) is 0 Å². The van der Waals surface area contributed by atoms with E-state index in [1.165, 1.54) is 24.3 Å². The molecule has 0 radical (unpaired) electrons. The SMILES string of the molecule is O=C1CCN(C(=O)c2ccc(F)cc2)[C@@H]2c3ccccc3OC[C@@H]2CN1CCO. The van der Waals surface area contributed by atoms with Crippen molar-refractivity contribution in [3.05, 3.63) is 65.5 Å². The Morgan fingerprint density at radius 2 is 1.93 bits per heavy atom. The summed E-state index contributed by atoms with van der Waals surface area (Å²) in [5.41, 5.74) is 1.28. The van der Waals surface area contributed by atoms with E-state index >= 15 is 0 Å². The molecule has 2 aliphatic heterocycles. The van der Waals surface area contributed by atoms with Gasteiger partial charge in [0.1, 0.15) is 11.6 Å². The summed E-state index contributed by atoms with van der Waals surface area (Å²) in [6, 6.07) is 12.8. The van der Waals surface area contributed by atoms with E-state index in [1.807, 2.05) is 24.3 Å². The topological polar surface area (TPSA) is 70.1 Å². The zero-order valence-corrected chi connectivity index (χ0v) is 16.0. The number of fused-ring (bicyclic) bond motifs is 3. The van der Waals surface area contributed by atoms with Crippen molar-refractivity contribution in [2.75, 3.05) is 32.8 Å². The second kappa shape index (κ2) is 8.21. The van der Waals surface area contributed by atoms with Crippen LogP contribution >= 0.6 is 0 Å². The van der Waals surface area contributed by atoms with Crippen LogP contribution in [0.4, 0.5) is 4.39 Å². The van der Waals surface area contributed by atoms with E-state index in [-0.39, 0.29) is 49.9 Å². The average molecular weight is 398 g/mol. The number of aliphatic hydroxyl groups is 1. The van der Waals surface area contributed by atoms with Crippen LogP contribution < -0.4 is 4.74 Å². The van der Waals surface area contributed by atoms with Gasteiger partial charge in [0.05, 0.1) is 19.3 Å². The molecule has 2 amide bonds. The number of nitrogens with zero attached hydrogens (tertiary/aromatic N) is 2. The molecular formula is C22H23FN2O4. The van der Waals surface area contributed by atoms with Gasteiger partial charge in [-0.1, -0.05) is 18.2 Å². The Kier molecular flexibility index (Phi) is 5.49. The number of β-amino-alcohol motifs (C(OH)–C–C–N with tert-alkyl or cyclic N) is 1. The van der Waals surface area contributed by atoms with Crippen molar-refractivity contribution < 1.29 is 23.8 Å². The van der Waals surface area contributed by atoms with Crippen molar-refractivity contribution in [1.29, 1.82) is 0 Å². The van der Waals surface area contributed by atoms with Crippen LogP contribution in [0.3, 0.4) is 0 Å². The number of rotatable bonds is 3. The van der Waals surface area contributed by atoms with E-state index in [4.69, 9.17) is 4.74 Å². The lowest BCUT2D eigenvalue weighted by Gasteiger charge is -2.44. The molecule has 6 nitrogen and oxygen atoms in total. The molecule has 1 N–H and O–H groups in total. The Hall–Kier alpha value is -2.93. The Bertz CT molecular complexity index is 902. The van der Waals surface area contributed by atoms with Gasteiger partial charge in [-0.3, -0.25) is 9.59 Å². The average Bonchev–Trinajstić information content (AvgIpc) is 2.73. The molecule has 4 rings (SSSR count). The van der Waals surface area contributed by atoms with Crippen LogP contribution in [0, 0.1) is 11.7 Å². The van der Waals surface area contributed by atoms with E-state index in [9.17, 15) is 19.1 Å². The van der Waals surface area contributed by atoms with Gasteiger partial charge in [0.15, 0.2) is 0 Å². The fourth-order valence-electron chi connectivity index (χ4n) is 4.19. The molecule has 0 unspecified atom stereocenters. The number of halogens is 1. The molecule has 2 heterocycles. The van der Waals surface area contributed by atoms with Gasteiger partial charge in [0.25, 0.3) is 5.91 Å². The standard InChI is InChI=1S/C22H23FN2O4/c23-17-7-5-15(6-8-17)22(28)25-10-9-20(27)24(11-12-26)13-16-14-29-19-4-2-1-3-18(19)21(16)25/h1-8,16,21,26H,9-14H2/t16-,21-/m0/s1. The van der Waals surface area contributed by atoms with Gasteiger partial charge >= 0.3 is 0 Å². The van der Waals surface area contributed by atoms with Gasteiger partial charge in [-0.2, -0.15) is 0 Å². The van der Waals surface area contributed by atoms with Crippen LogP contribution in [0.2, 0.25) is 0 Å². The molecule has 2 aliphatic rings. The van der Waals surface area contributed by atoms with Gasteiger partial charge < -0.3 is 19.6 Å². The fourth-order valence-corrected chi connectivity index (χ4v) is 4.19. The number of ether oxygens (including phenoxy) is 1. The van der Waals surface area contributed by atoms with E-state index in [0.717, 1.165) is 11.3 Å². The first-order valence-electron chi connectivity index (χ1n) is 9.75. The highest BCUT2D eigenvalue weighted by atomic mass is 19.1. The summed E-state index contributed by atoms with van der Waals surface area (Å²) < 4.78 is 19.2. The lowest BCUT2D eigenvalue weighted by Crippen LogP contribution is -2.51. The highest BCUT2D eigenvalue weighted by Gasteiger charge is 2.40. The molecule has 0 bridgehead atoms. The van der Waals surface area contributed by atoms with Crippen LogP contribution in [0.15, 0.2) is 48.5 Å². The zero-order chi connectivity index (χ0) is 20.4. The molecule has 0 aromatic heterocycles. The molecule has 0 saturated carbocycles. The highest BCUT2D eigenvalue weighted by Crippen LogP contribution is 2.41. The first kappa shape index (κ1) is 19.4. The van der Waals surface area contributed by atoms with E-state index < -0.39 is 5.82 Å². The molecule has 1 saturated heterocycles. The summed E-state index contributed by atoms with van der Waals surface area (Å²) in [4.78, 5) is 29.3. The molecular weight excluding hydrogens is 375 g/mol. The zero-order valence-electron chi connectivity index (χ0n) is 16.0. The lowest BCUT2D eigenvalue weighted by atomic mass is 9.87. The third kappa shape index (κ3) is 3.82. The van der Waals surface area contributed by atoms with E-state index in [0.29, 0.717) is 18.7 Å². The third-order valence-electron chi connectivity index (χ3n) is 5.57. The maximum atomic E-state index is 13.4. The Balaban J connectivity index is 1.74. The van der Waals surface area contributed by atoms with Gasteiger partial charge in [-0.05, 0) is 30.3 Å². The van der Waals surface area contributed by atoms with Crippen molar-refractivity contribution in [3.8, 4) is 5.75 Å². The van der Waals surface area contributed by atoms with Crippen LogP contribution in [0.1, 0.15) is 28.4 Å². The summed E-state index contributed by atoms with van der Waals surface area (Å²) in [6.07, 6.45) is 0.166. The highest BCUT2D eigenvalue weighted by molar-refractivity contribution is 5.95. The quantitative estimate of drug-likeness (QED) is 0.861. The molecule has 0 aliphatic carbocycles. The van der Waals surface area contributed by atoms with Crippen molar-refractivity contribution in [3.63, 3.8) is 0 Å². The van der Waals surface area contributed by atoms with Crippen LogP contribution in [-0.2, 0) is 4.79 Å². The second-order valence-electron chi connectivity index (χ2n) is 7.37. The predicted molar refractivity (Wildman–Crippen MR) is 104 cm³/mol. The minimum absolute atomic E-state index is 0.103. The predicted octanol–water partition coefficient (Wildman–Crippen LogP) is 2.24. The van der Waals surface area contributed by atoms with Crippen LogP contribution in [-0.4, -0.2) is 59.6 Å². The third-order valence-corrected chi connectivity index (χ3v) is 5.57. The van der Waals surface area contributed by atoms with Crippen LogP contribution in [0.5, 0.6) is 5.75 Å². The fraction of sp³-hybridized carbons (Fsp3) is 0.364. The Morgan fingerprint density at radius 3 is 2.69 bits per heavy atom. The van der Waals surface area contributed by atoms with E-state index in [1.54, 1.807) is 9.80 Å². The molecule has 2 aromatic carbocycles. The molecule has 2 aromatic rings. The smallest absolute Gasteiger partial charge is 0.254 e. The molecule has 29 heavy (non-hydrogen) atoms. The number of hydrogen-bond acceptors (Lipinski definition) is 4. The molecule has 7 heteroatoms. The number of amides is 2. The van der Waals surface area contributed by atoms with Gasteiger partial charge in [0, 0.05) is 43.1 Å². The monoisotopic (exact) mass is 398 g/mol. The summed E-state index contributed by atoms with van der Waals surface area (Å²) in [5, 5.41) is 9.34. The molecule has 152 valence electrons. The van der Waals surface area contributed by atoms with Crippen molar-refractivity contribution in [2.24, 2.45) is 5.92 Å². The molecule has 0 spiro atoms. The first-order chi connectivity index (χ1) is 14.1. The van der Waals surface area contributed by atoms with Crippen LogP contribution in [0.25, 0.3) is 0 Å². The number of para-hydroxylation sites is 1. The van der Waals surface area contributed by atoms with Crippen molar-refractivity contribution >= 4 is 11.8 Å². The van der Waals surface area contributed by atoms with Gasteiger partial charge in [0.2, 0.25) is 5.91 Å². The van der Waals surface area contributed by atoms with Crippen molar-refractivity contribution in [2.45, 2.75) is 12.5 Å². The number of carbonyl (C=O) groups is 2. The largest absolute Gasteiger partial charge is 0.493 e. The minimum Gasteiger partial charge on any atom is -0.493 e. The first-order valence-corrected chi connectivity index (χ1v) is 9.75. The minimum atomic E-state index is -0.404. The van der Waals surface area contributed by atoms with Gasteiger partial charge in [-0.15, -0.1) is 0 Å². The maximum Gasteiger partial charge on any atom is 0.254 e. The summed E-state index contributed by atoms with van der Waals surface area (Å²) in [7, 11) is 0. The molecule has 1 fully saturated rings. The number of hydrogen-bond donors (Lipinski definition) is 1.